The summed E-state index contributed by atoms with van der Waals surface area (Å²) >= 11 is 17.3. The second-order valence-corrected chi connectivity index (χ2v) is 5.06. The Hall–Kier alpha value is -1.43. The van der Waals surface area contributed by atoms with Gasteiger partial charge in [-0.2, -0.15) is 5.10 Å². The quantitative estimate of drug-likeness (QED) is 0.850. The first kappa shape index (κ1) is 14.0. The number of aryl methyl sites for hydroxylation is 1. The SMILES string of the molecule is Cc1ccc(Cl)c(Nc2nnccc2C(N)=S)c1Cl. The fourth-order valence-corrected chi connectivity index (χ4v) is 2.14. The van der Waals surface area contributed by atoms with E-state index in [1.165, 1.54) is 6.20 Å². The molecule has 4 nitrogen and oxygen atoms in total. The van der Waals surface area contributed by atoms with Gasteiger partial charge in [-0.3, -0.25) is 0 Å². The van der Waals surface area contributed by atoms with Crippen LogP contribution in [0.5, 0.6) is 0 Å². The van der Waals surface area contributed by atoms with Crippen molar-refractivity contribution in [3.8, 4) is 0 Å². The highest BCUT2D eigenvalue weighted by molar-refractivity contribution is 7.80. The molecular weight excluding hydrogens is 303 g/mol. The summed E-state index contributed by atoms with van der Waals surface area (Å²) in [7, 11) is 0. The zero-order valence-corrected chi connectivity index (χ0v) is 12.3. The Labute approximate surface area is 125 Å². The van der Waals surface area contributed by atoms with Gasteiger partial charge in [0.15, 0.2) is 5.82 Å². The molecule has 0 saturated heterocycles. The average molecular weight is 313 g/mol. The molecule has 0 spiro atoms. The minimum atomic E-state index is 0.220. The minimum Gasteiger partial charge on any atom is -0.389 e. The number of halogens is 2. The summed E-state index contributed by atoms with van der Waals surface area (Å²) in [5.41, 5.74) is 7.67. The lowest BCUT2D eigenvalue weighted by molar-refractivity contribution is 1.03. The lowest BCUT2D eigenvalue weighted by Crippen LogP contribution is -2.13. The highest BCUT2D eigenvalue weighted by Gasteiger charge is 2.13. The van der Waals surface area contributed by atoms with Crippen molar-refractivity contribution in [1.29, 1.82) is 0 Å². The summed E-state index contributed by atoms with van der Waals surface area (Å²) in [6.07, 6.45) is 1.51. The molecule has 0 aliphatic heterocycles. The molecular formula is C12H10Cl2N4S. The van der Waals surface area contributed by atoms with Crippen LogP contribution in [0.15, 0.2) is 24.4 Å². The van der Waals surface area contributed by atoms with Gasteiger partial charge in [-0.15, -0.1) is 5.10 Å². The molecule has 0 atom stereocenters. The molecule has 0 bridgehead atoms. The van der Waals surface area contributed by atoms with E-state index in [1.54, 1.807) is 12.1 Å². The second kappa shape index (κ2) is 5.69. The van der Waals surface area contributed by atoms with E-state index in [2.05, 4.69) is 15.5 Å². The van der Waals surface area contributed by atoms with Crippen molar-refractivity contribution in [2.45, 2.75) is 6.92 Å². The van der Waals surface area contributed by atoms with Gasteiger partial charge < -0.3 is 11.1 Å². The third-order valence-corrected chi connectivity index (χ3v) is 3.54. The molecule has 7 heteroatoms. The molecule has 0 fully saturated rings. The van der Waals surface area contributed by atoms with Crippen LogP contribution in [0.3, 0.4) is 0 Å². The number of benzene rings is 1. The molecule has 3 N–H and O–H groups in total. The summed E-state index contributed by atoms with van der Waals surface area (Å²) in [6.45, 7) is 1.88. The first-order valence-corrected chi connectivity index (χ1v) is 6.50. The third kappa shape index (κ3) is 2.94. The van der Waals surface area contributed by atoms with Gasteiger partial charge in [-0.1, -0.05) is 41.5 Å². The number of nitrogens with one attached hydrogen (secondary N) is 1. The Morgan fingerprint density at radius 2 is 2.05 bits per heavy atom. The van der Waals surface area contributed by atoms with E-state index in [0.29, 0.717) is 27.1 Å². The van der Waals surface area contributed by atoms with Crippen LogP contribution in [0.1, 0.15) is 11.1 Å². The Morgan fingerprint density at radius 1 is 1.32 bits per heavy atom. The van der Waals surface area contributed by atoms with Crippen molar-refractivity contribution in [3.05, 3.63) is 45.6 Å². The maximum absolute atomic E-state index is 6.22. The van der Waals surface area contributed by atoms with Gasteiger partial charge in [0, 0.05) is 0 Å². The average Bonchev–Trinajstić information content (AvgIpc) is 2.39. The zero-order valence-electron chi connectivity index (χ0n) is 9.95. The fourth-order valence-electron chi connectivity index (χ4n) is 1.51. The van der Waals surface area contributed by atoms with Gasteiger partial charge in [0.1, 0.15) is 4.99 Å². The largest absolute Gasteiger partial charge is 0.389 e. The molecule has 0 unspecified atom stereocenters. The van der Waals surface area contributed by atoms with E-state index in [4.69, 9.17) is 41.2 Å². The first-order valence-electron chi connectivity index (χ1n) is 5.34. The van der Waals surface area contributed by atoms with Crippen LogP contribution in [0.2, 0.25) is 10.0 Å². The number of nitrogens with zero attached hydrogens (tertiary/aromatic N) is 2. The molecule has 0 saturated carbocycles. The molecule has 19 heavy (non-hydrogen) atoms. The molecule has 1 heterocycles. The molecule has 1 aromatic heterocycles. The number of thiocarbonyl (C=S) groups is 1. The first-order chi connectivity index (χ1) is 9.00. The fraction of sp³-hybridized carbons (Fsp3) is 0.0833. The van der Waals surface area contributed by atoms with Gasteiger partial charge >= 0.3 is 0 Å². The van der Waals surface area contributed by atoms with E-state index < -0.39 is 0 Å². The van der Waals surface area contributed by atoms with Crippen molar-refractivity contribution in [2.75, 3.05) is 5.32 Å². The van der Waals surface area contributed by atoms with Gasteiger partial charge in [-0.05, 0) is 24.6 Å². The number of aromatic nitrogens is 2. The number of hydrogen-bond donors (Lipinski definition) is 2. The lowest BCUT2D eigenvalue weighted by atomic mass is 10.2. The summed E-state index contributed by atoms with van der Waals surface area (Å²) in [6, 6.07) is 5.26. The molecule has 2 aromatic rings. The highest BCUT2D eigenvalue weighted by Crippen LogP contribution is 2.35. The van der Waals surface area contributed by atoms with Crippen molar-refractivity contribution in [2.24, 2.45) is 5.73 Å². The Kier molecular flexibility index (Phi) is 4.19. The van der Waals surface area contributed by atoms with Crippen LogP contribution in [0, 0.1) is 6.92 Å². The smallest absolute Gasteiger partial charge is 0.163 e. The van der Waals surface area contributed by atoms with E-state index in [-0.39, 0.29) is 4.99 Å². The predicted octanol–water partition coefficient (Wildman–Crippen LogP) is 3.47. The Balaban J connectivity index is 2.48. The van der Waals surface area contributed by atoms with Gasteiger partial charge in [0.2, 0.25) is 0 Å². The topological polar surface area (TPSA) is 63.8 Å². The molecule has 2 rings (SSSR count). The number of rotatable bonds is 3. The summed E-state index contributed by atoms with van der Waals surface area (Å²) in [5, 5.41) is 11.8. The van der Waals surface area contributed by atoms with Crippen molar-refractivity contribution in [3.63, 3.8) is 0 Å². The summed E-state index contributed by atoms with van der Waals surface area (Å²) in [4.78, 5) is 0.220. The minimum absolute atomic E-state index is 0.220. The van der Waals surface area contributed by atoms with Crippen LogP contribution < -0.4 is 11.1 Å². The number of hydrogen-bond acceptors (Lipinski definition) is 4. The third-order valence-electron chi connectivity index (χ3n) is 2.51. The predicted molar refractivity (Wildman–Crippen MR) is 82.4 cm³/mol. The molecule has 0 amide bonds. The second-order valence-electron chi connectivity index (χ2n) is 3.84. The highest BCUT2D eigenvalue weighted by atomic mass is 35.5. The van der Waals surface area contributed by atoms with Crippen LogP contribution >= 0.6 is 35.4 Å². The number of anilines is 2. The van der Waals surface area contributed by atoms with Crippen molar-refractivity contribution < 1.29 is 0 Å². The molecule has 98 valence electrons. The van der Waals surface area contributed by atoms with Gasteiger partial charge in [-0.25, -0.2) is 0 Å². The maximum Gasteiger partial charge on any atom is 0.163 e. The van der Waals surface area contributed by atoms with Crippen molar-refractivity contribution in [1.82, 2.24) is 10.2 Å². The zero-order chi connectivity index (χ0) is 14.0. The van der Waals surface area contributed by atoms with Crippen LogP contribution in [0.4, 0.5) is 11.5 Å². The van der Waals surface area contributed by atoms with E-state index in [9.17, 15) is 0 Å². The molecule has 1 aromatic carbocycles. The van der Waals surface area contributed by atoms with E-state index in [0.717, 1.165) is 5.56 Å². The van der Waals surface area contributed by atoms with E-state index >= 15 is 0 Å². The van der Waals surface area contributed by atoms with E-state index in [1.807, 2.05) is 13.0 Å². The summed E-state index contributed by atoms with van der Waals surface area (Å²) < 4.78 is 0. The maximum atomic E-state index is 6.22. The summed E-state index contributed by atoms with van der Waals surface area (Å²) in [5.74, 6) is 0.421. The van der Waals surface area contributed by atoms with Crippen LogP contribution in [-0.2, 0) is 0 Å². The van der Waals surface area contributed by atoms with Gasteiger partial charge in [0.05, 0.1) is 27.5 Å². The monoisotopic (exact) mass is 312 g/mol. The van der Waals surface area contributed by atoms with Crippen LogP contribution in [0.25, 0.3) is 0 Å². The number of nitrogens with two attached hydrogens (primary N) is 1. The molecule has 0 aliphatic rings. The van der Waals surface area contributed by atoms with Gasteiger partial charge in [0.25, 0.3) is 0 Å². The molecule has 0 radical (unpaired) electrons. The van der Waals surface area contributed by atoms with Crippen LogP contribution in [-0.4, -0.2) is 15.2 Å². The Bertz CT molecular complexity index is 646. The molecule has 0 aliphatic carbocycles. The van der Waals surface area contributed by atoms with Crippen molar-refractivity contribution >= 4 is 51.9 Å². The normalized spacial score (nSPS) is 10.3. The Morgan fingerprint density at radius 3 is 2.74 bits per heavy atom. The lowest BCUT2D eigenvalue weighted by Gasteiger charge is -2.13. The standard InChI is InChI=1S/C12H10Cl2N4S/c1-6-2-3-8(13)10(9(6)14)17-12-7(11(15)19)4-5-16-18-12/h2-5H,1H3,(H2,15,19)(H,17,18).